The van der Waals surface area contributed by atoms with Crippen LogP contribution in [0.5, 0.6) is 5.75 Å². The molecule has 0 fully saturated rings. The molecule has 0 aliphatic carbocycles. The van der Waals surface area contributed by atoms with E-state index in [4.69, 9.17) is 4.74 Å². The molecule has 2 rings (SSSR count). The highest BCUT2D eigenvalue weighted by Crippen LogP contribution is 2.23. The third-order valence-corrected chi connectivity index (χ3v) is 6.52. The highest BCUT2D eigenvalue weighted by atomic mass is 79.9. The van der Waals surface area contributed by atoms with Gasteiger partial charge in [0.15, 0.2) is 0 Å². The maximum Gasteiger partial charge on any atom is 0.243 e. The van der Waals surface area contributed by atoms with Gasteiger partial charge in [0.2, 0.25) is 15.9 Å². The maximum absolute atomic E-state index is 12.7. The number of carbonyl (C=O) groups excluding carboxylic acids is 1. The Morgan fingerprint density at radius 2 is 1.85 bits per heavy atom. The molecule has 27 heavy (non-hydrogen) atoms. The predicted octanol–water partition coefficient (Wildman–Crippen LogP) is 3.26. The fourth-order valence-corrected chi connectivity index (χ4v) is 4.08. The number of amides is 1. The largest absolute Gasteiger partial charge is 0.496 e. The molecule has 1 amide bonds. The number of methoxy groups -OCH3 is 1. The van der Waals surface area contributed by atoms with Crippen LogP contribution in [-0.2, 0) is 14.8 Å². The highest BCUT2D eigenvalue weighted by molar-refractivity contribution is 9.10. The van der Waals surface area contributed by atoms with Crippen LogP contribution in [0.2, 0.25) is 0 Å². The molecule has 2 aromatic rings. The average molecular weight is 455 g/mol. The first-order valence-electron chi connectivity index (χ1n) is 8.31. The van der Waals surface area contributed by atoms with E-state index in [1.807, 2.05) is 31.2 Å². The third kappa shape index (κ3) is 5.31. The number of aryl methyl sites for hydroxylation is 1. The standard InChI is InChI=1S/C19H23BrN2O4S/c1-13-11-17(9-10-18(13)26-4)27(24,25)22(3)12-19(23)21-14(2)15-5-7-16(20)8-6-15/h5-11,14H,12H2,1-4H3,(H,21,23). The molecule has 0 aliphatic heterocycles. The Labute approximate surface area is 168 Å². The van der Waals surface area contributed by atoms with Gasteiger partial charge in [-0.2, -0.15) is 4.31 Å². The van der Waals surface area contributed by atoms with Gasteiger partial charge in [-0.25, -0.2) is 8.42 Å². The summed E-state index contributed by atoms with van der Waals surface area (Å²) in [5.74, 6) is 0.236. The summed E-state index contributed by atoms with van der Waals surface area (Å²) >= 11 is 3.37. The van der Waals surface area contributed by atoms with Gasteiger partial charge in [-0.1, -0.05) is 28.1 Å². The van der Waals surface area contributed by atoms with E-state index in [1.54, 1.807) is 13.0 Å². The van der Waals surface area contributed by atoms with E-state index in [-0.39, 0.29) is 23.4 Å². The van der Waals surface area contributed by atoms with Crippen LogP contribution in [0.3, 0.4) is 0 Å². The van der Waals surface area contributed by atoms with Crippen molar-refractivity contribution in [1.29, 1.82) is 0 Å². The Balaban J connectivity index is 2.06. The van der Waals surface area contributed by atoms with Gasteiger partial charge in [0.05, 0.1) is 24.6 Å². The molecule has 0 heterocycles. The minimum Gasteiger partial charge on any atom is -0.496 e. The van der Waals surface area contributed by atoms with Crippen LogP contribution in [0.1, 0.15) is 24.1 Å². The number of likely N-dealkylation sites (N-methyl/N-ethyl adjacent to an activating group) is 1. The molecule has 1 unspecified atom stereocenters. The number of hydrogen-bond acceptors (Lipinski definition) is 4. The number of ether oxygens (including phenoxy) is 1. The molecule has 0 aliphatic rings. The minimum absolute atomic E-state index is 0.122. The van der Waals surface area contributed by atoms with Gasteiger partial charge in [-0.05, 0) is 55.3 Å². The lowest BCUT2D eigenvalue weighted by Crippen LogP contribution is -2.39. The first-order valence-corrected chi connectivity index (χ1v) is 10.5. The molecular formula is C19H23BrN2O4S. The van der Waals surface area contributed by atoms with E-state index in [0.717, 1.165) is 14.3 Å². The molecule has 2 aromatic carbocycles. The zero-order chi connectivity index (χ0) is 20.2. The summed E-state index contributed by atoms with van der Waals surface area (Å²) in [5, 5.41) is 2.82. The number of nitrogens with zero attached hydrogens (tertiary/aromatic N) is 1. The molecular weight excluding hydrogens is 432 g/mol. The van der Waals surface area contributed by atoms with Crippen LogP contribution in [0.25, 0.3) is 0 Å². The van der Waals surface area contributed by atoms with Crippen LogP contribution in [0.4, 0.5) is 0 Å². The SMILES string of the molecule is COc1ccc(S(=O)(=O)N(C)CC(=O)NC(C)c2ccc(Br)cc2)cc1C. The quantitative estimate of drug-likeness (QED) is 0.696. The second-order valence-corrected chi connectivity index (χ2v) is 9.19. The van der Waals surface area contributed by atoms with Gasteiger partial charge >= 0.3 is 0 Å². The number of hydrogen-bond donors (Lipinski definition) is 1. The highest BCUT2D eigenvalue weighted by Gasteiger charge is 2.24. The molecule has 8 heteroatoms. The lowest BCUT2D eigenvalue weighted by molar-refractivity contribution is -0.121. The average Bonchev–Trinajstić information content (AvgIpc) is 2.61. The van der Waals surface area contributed by atoms with Crippen LogP contribution >= 0.6 is 15.9 Å². The monoisotopic (exact) mass is 454 g/mol. The molecule has 0 spiro atoms. The Morgan fingerprint density at radius 3 is 2.41 bits per heavy atom. The number of nitrogens with one attached hydrogen (secondary N) is 1. The first kappa shape index (κ1) is 21.4. The Morgan fingerprint density at radius 1 is 1.22 bits per heavy atom. The van der Waals surface area contributed by atoms with Crippen LogP contribution in [-0.4, -0.2) is 39.3 Å². The number of sulfonamides is 1. The summed E-state index contributed by atoms with van der Waals surface area (Å²) in [6.07, 6.45) is 0. The van der Waals surface area contributed by atoms with E-state index in [2.05, 4.69) is 21.2 Å². The lowest BCUT2D eigenvalue weighted by Gasteiger charge is -2.20. The molecule has 1 atom stereocenters. The third-order valence-electron chi connectivity index (χ3n) is 4.19. The smallest absolute Gasteiger partial charge is 0.243 e. The first-order chi connectivity index (χ1) is 12.6. The number of halogens is 1. The molecule has 6 nitrogen and oxygen atoms in total. The van der Waals surface area contributed by atoms with Crippen molar-refractivity contribution in [3.05, 3.63) is 58.1 Å². The van der Waals surface area contributed by atoms with Gasteiger partial charge in [-0.15, -0.1) is 0 Å². The van der Waals surface area contributed by atoms with Crippen molar-refractivity contribution in [3.63, 3.8) is 0 Å². The van der Waals surface area contributed by atoms with E-state index < -0.39 is 10.0 Å². The molecule has 1 N–H and O–H groups in total. The summed E-state index contributed by atoms with van der Waals surface area (Å²) in [6, 6.07) is 12.0. The van der Waals surface area contributed by atoms with E-state index in [0.29, 0.717) is 11.3 Å². The zero-order valence-corrected chi connectivity index (χ0v) is 18.1. The summed E-state index contributed by atoms with van der Waals surface area (Å²) in [7, 11) is -0.862. The Bertz CT molecular complexity index is 914. The van der Waals surface area contributed by atoms with Crippen molar-refractivity contribution in [2.24, 2.45) is 0 Å². The van der Waals surface area contributed by atoms with Crippen molar-refractivity contribution in [2.45, 2.75) is 24.8 Å². The number of rotatable bonds is 7. The molecule has 0 aromatic heterocycles. The van der Waals surface area contributed by atoms with E-state index in [1.165, 1.54) is 26.3 Å². The lowest BCUT2D eigenvalue weighted by atomic mass is 10.1. The topological polar surface area (TPSA) is 75.7 Å². The zero-order valence-electron chi connectivity index (χ0n) is 15.7. The number of carbonyl (C=O) groups is 1. The predicted molar refractivity (Wildman–Crippen MR) is 108 cm³/mol. The second kappa shape index (κ2) is 8.86. The van der Waals surface area contributed by atoms with Gasteiger partial charge in [0, 0.05) is 11.5 Å². The van der Waals surface area contributed by atoms with Crippen molar-refractivity contribution in [1.82, 2.24) is 9.62 Å². The summed E-state index contributed by atoms with van der Waals surface area (Å²) in [5.41, 5.74) is 1.64. The molecule has 146 valence electrons. The van der Waals surface area contributed by atoms with Gasteiger partial charge in [0.1, 0.15) is 5.75 Å². The van der Waals surface area contributed by atoms with Gasteiger partial charge in [-0.3, -0.25) is 4.79 Å². The fraction of sp³-hybridized carbons (Fsp3) is 0.316. The van der Waals surface area contributed by atoms with Crippen LogP contribution in [0.15, 0.2) is 51.8 Å². The van der Waals surface area contributed by atoms with Crippen molar-refractivity contribution in [3.8, 4) is 5.75 Å². The summed E-state index contributed by atoms with van der Waals surface area (Å²) < 4.78 is 32.6. The van der Waals surface area contributed by atoms with Gasteiger partial charge < -0.3 is 10.1 Å². The minimum atomic E-state index is -3.78. The summed E-state index contributed by atoms with van der Waals surface area (Å²) in [6.45, 7) is 3.35. The molecule has 0 saturated heterocycles. The van der Waals surface area contributed by atoms with E-state index >= 15 is 0 Å². The molecule has 0 saturated carbocycles. The normalized spacial score (nSPS) is 12.7. The Hall–Kier alpha value is -1.90. The Kier molecular flexibility index (Phi) is 7.02. The maximum atomic E-state index is 12.7. The van der Waals surface area contributed by atoms with Crippen LogP contribution in [0, 0.1) is 6.92 Å². The van der Waals surface area contributed by atoms with Gasteiger partial charge in [0.25, 0.3) is 0 Å². The number of benzene rings is 2. The molecule has 0 radical (unpaired) electrons. The van der Waals surface area contributed by atoms with Crippen LogP contribution < -0.4 is 10.1 Å². The fourth-order valence-electron chi connectivity index (χ4n) is 2.60. The second-order valence-electron chi connectivity index (χ2n) is 6.23. The summed E-state index contributed by atoms with van der Waals surface area (Å²) in [4.78, 5) is 12.4. The van der Waals surface area contributed by atoms with Crippen molar-refractivity contribution in [2.75, 3.05) is 20.7 Å². The van der Waals surface area contributed by atoms with Crippen molar-refractivity contribution < 1.29 is 17.9 Å². The van der Waals surface area contributed by atoms with E-state index in [9.17, 15) is 13.2 Å². The molecule has 0 bridgehead atoms. The van der Waals surface area contributed by atoms with Crippen molar-refractivity contribution >= 4 is 31.9 Å².